The molecule has 1 amide bonds. The second-order valence-electron chi connectivity index (χ2n) is 8.40. The van der Waals surface area contributed by atoms with E-state index in [4.69, 9.17) is 4.74 Å². The first-order chi connectivity index (χ1) is 14.7. The lowest BCUT2D eigenvalue weighted by Gasteiger charge is -2.26. The molecule has 6 nitrogen and oxygen atoms in total. The van der Waals surface area contributed by atoms with E-state index >= 15 is 0 Å². The third kappa shape index (κ3) is 4.97. The molecule has 0 radical (unpaired) electrons. The molecule has 1 atom stereocenters. The van der Waals surface area contributed by atoms with Crippen LogP contribution in [-0.2, 0) is 9.59 Å². The van der Waals surface area contributed by atoms with Crippen LogP contribution in [0.1, 0.15) is 36.6 Å². The summed E-state index contributed by atoms with van der Waals surface area (Å²) in [7, 11) is 3.83. The molecule has 0 bridgehead atoms. The Kier molecular flexibility index (Phi) is 6.81. The van der Waals surface area contributed by atoms with Gasteiger partial charge in [-0.15, -0.1) is 0 Å². The molecule has 1 fully saturated rings. The minimum absolute atomic E-state index is 0.0306. The van der Waals surface area contributed by atoms with Gasteiger partial charge in [-0.1, -0.05) is 29.8 Å². The van der Waals surface area contributed by atoms with Crippen molar-refractivity contribution >= 4 is 17.4 Å². The Morgan fingerprint density at radius 2 is 1.68 bits per heavy atom. The normalized spacial score (nSPS) is 18.3. The average molecular weight is 423 g/mol. The second kappa shape index (κ2) is 9.35. The predicted octanol–water partition coefficient (Wildman–Crippen LogP) is 3.77. The Morgan fingerprint density at radius 3 is 2.23 bits per heavy atom. The molecule has 0 saturated carbocycles. The number of aliphatic hydroxyl groups excluding tert-OH is 1. The Hall–Kier alpha value is -3.12. The molecule has 3 rings (SSSR count). The molecule has 0 aromatic heterocycles. The molecule has 0 aliphatic carbocycles. The monoisotopic (exact) mass is 422 g/mol. The van der Waals surface area contributed by atoms with Crippen molar-refractivity contribution in [3.8, 4) is 5.75 Å². The first-order valence-electron chi connectivity index (χ1n) is 10.5. The van der Waals surface area contributed by atoms with Gasteiger partial charge >= 0.3 is 0 Å². The molecule has 1 aliphatic heterocycles. The van der Waals surface area contributed by atoms with Crippen LogP contribution in [0.5, 0.6) is 5.75 Å². The van der Waals surface area contributed by atoms with E-state index in [9.17, 15) is 14.7 Å². The van der Waals surface area contributed by atoms with Gasteiger partial charge in [-0.3, -0.25) is 9.59 Å². The maximum atomic E-state index is 13.0. The van der Waals surface area contributed by atoms with Crippen molar-refractivity contribution in [1.82, 2.24) is 9.80 Å². The van der Waals surface area contributed by atoms with Crippen LogP contribution in [0.15, 0.2) is 54.1 Å². The topological polar surface area (TPSA) is 70.1 Å². The number of Topliss-reactive ketones (excluding diaryl/α,β-unsaturated/α-hetero) is 1. The highest BCUT2D eigenvalue weighted by Gasteiger charge is 2.45. The Bertz CT molecular complexity index is 976. The molecule has 0 unspecified atom stereocenters. The van der Waals surface area contributed by atoms with E-state index in [-0.39, 0.29) is 17.4 Å². The highest BCUT2D eigenvalue weighted by atomic mass is 16.5. The van der Waals surface area contributed by atoms with E-state index in [0.717, 1.165) is 11.1 Å². The van der Waals surface area contributed by atoms with Crippen molar-refractivity contribution in [3.05, 3.63) is 70.8 Å². The Labute approximate surface area is 183 Å². The van der Waals surface area contributed by atoms with Gasteiger partial charge in [-0.05, 0) is 64.7 Å². The van der Waals surface area contributed by atoms with E-state index in [2.05, 4.69) is 0 Å². The average Bonchev–Trinajstić information content (AvgIpc) is 2.97. The number of hydrogen-bond acceptors (Lipinski definition) is 5. The molecule has 164 valence electrons. The van der Waals surface area contributed by atoms with Crippen molar-refractivity contribution in [2.45, 2.75) is 32.9 Å². The number of likely N-dealkylation sites (tertiary alicyclic amines) is 1. The molecule has 1 saturated heterocycles. The van der Waals surface area contributed by atoms with Crippen LogP contribution >= 0.6 is 0 Å². The van der Waals surface area contributed by atoms with E-state index < -0.39 is 17.7 Å². The highest BCUT2D eigenvalue weighted by Crippen LogP contribution is 2.39. The van der Waals surface area contributed by atoms with Crippen LogP contribution in [0.4, 0.5) is 0 Å². The number of nitrogens with zero attached hydrogens (tertiary/aromatic N) is 2. The van der Waals surface area contributed by atoms with Crippen LogP contribution in [0, 0.1) is 6.92 Å². The quantitative estimate of drug-likeness (QED) is 0.418. The van der Waals surface area contributed by atoms with E-state index in [1.807, 2.05) is 64.0 Å². The fourth-order valence-corrected chi connectivity index (χ4v) is 3.63. The Morgan fingerprint density at radius 1 is 1.06 bits per heavy atom. The van der Waals surface area contributed by atoms with Gasteiger partial charge < -0.3 is 19.6 Å². The van der Waals surface area contributed by atoms with Crippen molar-refractivity contribution in [2.24, 2.45) is 0 Å². The predicted molar refractivity (Wildman–Crippen MR) is 121 cm³/mol. The summed E-state index contributed by atoms with van der Waals surface area (Å²) in [4.78, 5) is 29.4. The maximum absolute atomic E-state index is 13.0. The van der Waals surface area contributed by atoms with E-state index in [0.29, 0.717) is 24.4 Å². The molecular formula is C25H30N2O4. The molecule has 0 spiro atoms. The number of ether oxygens (including phenoxy) is 1. The summed E-state index contributed by atoms with van der Waals surface area (Å²) in [5, 5.41) is 11.1. The zero-order valence-electron chi connectivity index (χ0n) is 18.8. The molecule has 6 heteroatoms. The largest absolute Gasteiger partial charge is 0.507 e. The molecule has 2 aromatic rings. The van der Waals surface area contributed by atoms with Gasteiger partial charge in [-0.2, -0.15) is 0 Å². The fraction of sp³-hybridized carbons (Fsp3) is 0.360. The molecule has 31 heavy (non-hydrogen) atoms. The van der Waals surface area contributed by atoms with Gasteiger partial charge in [0.05, 0.1) is 17.7 Å². The SMILES string of the molecule is Cc1ccc([C@@H]2C(=C(O)c3ccc(OC(C)C)cc3)C(=O)C(=O)N2CCN(C)C)cc1. The molecule has 1 N–H and O–H groups in total. The second-order valence-corrected chi connectivity index (χ2v) is 8.40. The molecule has 2 aromatic carbocycles. The highest BCUT2D eigenvalue weighted by molar-refractivity contribution is 6.46. The third-order valence-corrected chi connectivity index (χ3v) is 5.22. The fourth-order valence-electron chi connectivity index (χ4n) is 3.63. The zero-order chi connectivity index (χ0) is 22.7. The summed E-state index contributed by atoms with van der Waals surface area (Å²) in [5.74, 6) is -0.751. The first kappa shape index (κ1) is 22.6. The minimum Gasteiger partial charge on any atom is -0.507 e. The number of aryl methyl sites for hydroxylation is 1. The molecular weight excluding hydrogens is 392 g/mol. The number of rotatable bonds is 7. The van der Waals surface area contributed by atoms with Gasteiger partial charge in [-0.25, -0.2) is 0 Å². The number of ketones is 1. The van der Waals surface area contributed by atoms with E-state index in [1.54, 1.807) is 29.2 Å². The summed E-state index contributed by atoms with van der Waals surface area (Å²) in [6.45, 7) is 6.84. The zero-order valence-corrected chi connectivity index (χ0v) is 18.8. The number of carbonyl (C=O) groups excluding carboxylic acids is 2. The Balaban J connectivity index is 2.06. The molecule has 1 aliphatic rings. The maximum Gasteiger partial charge on any atom is 0.295 e. The van der Waals surface area contributed by atoms with Crippen LogP contribution in [0.3, 0.4) is 0 Å². The van der Waals surface area contributed by atoms with Gasteiger partial charge in [0, 0.05) is 18.7 Å². The standard InChI is InChI=1S/C25H30N2O4/c1-16(2)31-20-12-10-19(11-13-20)23(28)21-22(18-8-6-17(3)7-9-18)27(15-14-26(4)5)25(30)24(21)29/h6-13,16,22,28H,14-15H2,1-5H3/t22-/m1/s1. The lowest BCUT2D eigenvalue weighted by atomic mass is 9.94. The van der Waals surface area contributed by atoms with Gasteiger partial charge in [0.2, 0.25) is 0 Å². The third-order valence-electron chi connectivity index (χ3n) is 5.22. The first-order valence-corrected chi connectivity index (χ1v) is 10.5. The number of hydrogen-bond donors (Lipinski definition) is 1. The van der Waals surface area contributed by atoms with Gasteiger partial charge in [0.25, 0.3) is 11.7 Å². The number of aliphatic hydroxyl groups is 1. The lowest BCUT2D eigenvalue weighted by Crippen LogP contribution is -2.35. The smallest absolute Gasteiger partial charge is 0.295 e. The van der Waals surface area contributed by atoms with Crippen LogP contribution < -0.4 is 4.74 Å². The summed E-state index contributed by atoms with van der Waals surface area (Å²) < 4.78 is 5.65. The summed E-state index contributed by atoms with van der Waals surface area (Å²) in [6.07, 6.45) is 0.0306. The van der Waals surface area contributed by atoms with Gasteiger partial charge in [0.1, 0.15) is 11.5 Å². The van der Waals surface area contributed by atoms with E-state index in [1.165, 1.54) is 0 Å². The summed E-state index contributed by atoms with van der Waals surface area (Å²) in [5.41, 5.74) is 2.46. The molecule has 1 heterocycles. The number of likely N-dealkylation sites (N-methyl/N-ethyl adjacent to an activating group) is 1. The van der Waals surface area contributed by atoms with Crippen molar-refractivity contribution in [1.29, 1.82) is 0 Å². The summed E-state index contributed by atoms with van der Waals surface area (Å²) >= 11 is 0. The van der Waals surface area contributed by atoms with Crippen molar-refractivity contribution in [3.63, 3.8) is 0 Å². The minimum atomic E-state index is -0.663. The van der Waals surface area contributed by atoms with Gasteiger partial charge in [0.15, 0.2) is 0 Å². The number of amides is 1. The number of carbonyl (C=O) groups is 2. The lowest BCUT2D eigenvalue weighted by molar-refractivity contribution is -0.140. The van der Waals surface area contributed by atoms with Crippen LogP contribution in [0.2, 0.25) is 0 Å². The number of benzene rings is 2. The van der Waals surface area contributed by atoms with Crippen LogP contribution in [0.25, 0.3) is 5.76 Å². The van der Waals surface area contributed by atoms with Crippen LogP contribution in [-0.4, -0.2) is 59.9 Å². The van der Waals surface area contributed by atoms with Crippen molar-refractivity contribution < 1.29 is 19.4 Å². The summed E-state index contributed by atoms with van der Waals surface area (Å²) in [6, 6.07) is 14.0. The van der Waals surface area contributed by atoms with Crippen molar-refractivity contribution in [2.75, 3.05) is 27.2 Å².